The molecule has 1 aromatic heterocycles. The summed E-state index contributed by atoms with van der Waals surface area (Å²) in [7, 11) is 1.20. The third-order valence-corrected chi connectivity index (χ3v) is 6.16. The molecule has 0 saturated heterocycles. The highest BCUT2D eigenvalue weighted by Gasteiger charge is 2.29. The predicted molar refractivity (Wildman–Crippen MR) is 109 cm³/mol. The van der Waals surface area contributed by atoms with E-state index in [2.05, 4.69) is 22.3 Å². The van der Waals surface area contributed by atoms with E-state index in [0.29, 0.717) is 22.0 Å². The maximum atomic E-state index is 12.8. The second-order valence-corrected chi connectivity index (χ2v) is 8.38. The average molecular weight is 401 g/mol. The number of carbonyl (C=O) groups excluding carboxylic acids is 3. The molecule has 6 nitrogen and oxygen atoms in total. The van der Waals surface area contributed by atoms with Gasteiger partial charge in [-0.25, -0.2) is 4.79 Å². The number of amides is 3. The van der Waals surface area contributed by atoms with E-state index in [1.807, 2.05) is 26.0 Å². The number of thiophene rings is 1. The van der Waals surface area contributed by atoms with Crippen LogP contribution in [0.5, 0.6) is 0 Å². The van der Waals surface area contributed by atoms with Gasteiger partial charge in [-0.2, -0.15) is 0 Å². The van der Waals surface area contributed by atoms with E-state index in [4.69, 9.17) is 0 Å². The van der Waals surface area contributed by atoms with Crippen LogP contribution in [0, 0.1) is 19.8 Å². The van der Waals surface area contributed by atoms with E-state index in [9.17, 15) is 14.4 Å². The van der Waals surface area contributed by atoms with Crippen LogP contribution in [0.15, 0.2) is 18.2 Å². The first-order chi connectivity index (χ1) is 13.3. The van der Waals surface area contributed by atoms with Gasteiger partial charge in [0.2, 0.25) is 0 Å². The molecule has 28 heavy (non-hydrogen) atoms. The number of hydrogen-bond acceptors (Lipinski definition) is 5. The normalized spacial score (nSPS) is 15.5. The van der Waals surface area contributed by atoms with Gasteiger partial charge >= 0.3 is 6.09 Å². The highest BCUT2D eigenvalue weighted by atomic mass is 32.1. The Morgan fingerprint density at radius 2 is 1.93 bits per heavy atom. The predicted octanol–water partition coefficient (Wildman–Crippen LogP) is 4.24. The third-order valence-electron chi connectivity index (χ3n) is 4.99. The Bertz CT molecular complexity index is 948. The van der Waals surface area contributed by atoms with Gasteiger partial charge in [0.15, 0.2) is 0 Å². The van der Waals surface area contributed by atoms with Crippen molar-refractivity contribution >= 4 is 34.2 Å². The van der Waals surface area contributed by atoms with Gasteiger partial charge in [-0.3, -0.25) is 14.9 Å². The number of imide groups is 1. The van der Waals surface area contributed by atoms with Crippen LogP contribution in [0.25, 0.3) is 0 Å². The highest BCUT2D eigenvalue weighted by molar-refractivity contribution is 7.17. The molecule has 0 fully saturated rings. The minimum atomic E-state index is -0.819. The minimum Gasteiger partial charge on any atom is -0.453 e. The van der Waals surface area contributed by atoms with Crippen molar-refractivity contribution in [2.75, 3.05) is 12.4 Å². The fourth-order valence-electron chi connectivity index (χ4n) is 3.52. The van der Waals surface area contributed by atoms with Crippen molar-refractivity contribution in [2.24, 2.45) is 5.92 Å². The number of nitrogens with one attached hydrogen (secondary N) is 2. The summed E-state index contributed by atoms with van der Waals surface area (Å²) in [5, 5.41) is 5.60. The molecule has 2 N–H and O–H groups in total. The number of carbonyl (C=O) groups is 3. The Kier molecular flexibility index (Phi) is 5.84. The molecule has 0 spiro atoms. The monoisotopic (exact) mass is 400 g/mol. The van der Waals surface area contributed by atoms with Gasteiger partial charge in [-0.15, -0.1) is 11.3 Å². The molecular formula is C21H24N2O4S. The zero-order chi connectivity index (χ0) is 20.4. The zero-order valence-corrected chi connectivity index (χ0v) is 17.3. The fourth-order valence-corrected chi connectivity index (χ4v) is 4.93. The second-order valence-electron chi connectivity index (χ2n) is 7.27. The summed E-state index contributed by atoms with van der Waals surface area (Å²) in [6.45, 7) is 6.02. The molecule has 148 valence electrons. The number of methoxy groups -OCH3 is 1. The van der Waals surface area contributed by atoms with E-state index in [1.165, 1.54) is 18.4 Å². The fraction of sp³-hybridized carbons (Fsp3) is 0.381. The lowest BCUT2D eigenvalue weighted by Crippen LogP contribution is -2.31. The SMILES string of the molecule is COC(=O)NC(=O)c1c(NC(=O)c2ccc(C)cc2C)sc2c1CC[C@@H](C)C2. The molecule has 1 aliphatic carbocycles. The lowest BCUT2D eigenvalue weighted by atomic mass is 9.88. The van der Waals surface area contributed by atoms with Crippen molar-refractivity contribution in [1.82, 2.24) is 5.32 Å². The Morgan fingerprint density at radius 1 is 1.18 bits per heavy atom. The Morgan fingerprint density at radius 3 is 2.61 bits per heavy atom. The van der Waals surface area contributed by atoms with E-state index < -0.39 is 12.0 Å². The molecule has 7 heteroatoms. The van der Waals surface area contributed by atoms with Crippen molar-refractivity contribution < 1.29 is 19.1 Å². The molecule has 1 atom stereocenters. The lowest BCUT2D eigenvalue weighted by molar-refractivity contribution is 0.0937. The van der Waals surface area contributed by atoms with Gasteiger partial charge < -0.3 is 10.1 Å². The van der Waals surface area contributed by atoms with Crippen LogP contribution in [-0.4, -0.2) is 25.0 Å². The highest BCUT2D eigenvalue weighted by Crippen LogP contribution is 2.40. The molecule has 0 bridgehead atoms. The number of anilines is 1. The van der Waals surface area contributed by atoms with E-state index in [-0.39, 0.29) is 5.91 Å². The van der Waals surface area contributed by atoms with E-state index >= 15 is 0 Å². The molecule has 1 heterocycles. The number of ether oxygens (including phenoxy) is 1. The molecule has 1 aliphatic rings. The minimum absolute atomic E-state index is 0.267. The molecule has 0 unspecified atom stereocenters. The van der Waals surface area contributed by atoms with Crippen LogP contribution in [0.3, 0.4) is 0 Å². The molecule has 3 amide bonds. The summed E-state index contributed by atoms with van der Waals surface area (Å²) in [6, 6.07) is 5.61. The summed E-state index contributed by atoms with van der Waals surface area (Å²) in [5.41, 5.74) is 3.79. The summed E-state index contributed by atoms with van der Waals surface area (Å²) in [5.74, 6) is -0.295. The Hall–Kier alpha value is -2.67. The maximum Gasteiger partial charge on any atom is 0.413 e. The number of alkyl carbamates (subject to hydrolysis) is 1. The van der Waals surface area contributed by atoms with Crippen LogP contribution < -0.4 is 10.6 Å². The van der Waals surface area contributed by atoms with Crippen molar-refractivity contribution in [3.05, 3.63) is 50.9 Å². The van der Waals surface area contributed by atoms with Crippen molar-refractivity contribution in [2.45, 2.75) is 40.0 Å². The molecular weight excluding hydrogens is 376 g/mol. The van der Waals surface area contributed by atoms with Crippen LogP contribution in [0.2, 0.25) is 0 Å². The molecule has 0 aliphatic heterocycles. The molecule has 3 rings (SSSR count). The van der Waals surface area contributed by atoms with Crippen molar-refractivity contribution in [1.29, 1.82) is 0 Å². The lowest BCUT2D eigenvalue weighted by Gasteiger charge is -2.18. The van der Waals surface area contributed by atoms with Gasteiger partial charge in [0.25, 0.3) is 11.8 Å². The van der Waals surface area contributed by atoms with Crippen molar-refractivity contribution in [3.8, 4) is 0 Å². The largest absolute Gasteiger partial charge is 0.453 e. The average Bonchev–Trinajstić information content (AvgIpc) is 2.98. The second kappa shape index (κ2) is 8.14. The smallest absolute Gasteiger partial charge is 0.413 e. The quantitative estimate of drug-likeness (QED) is 0.807. The first-order valence-corrected chi connectivity index (χ1v) is 10.0. The Labute approximate surface area is 168 Å². The van der Waals surface area contributed by atoms with E-state index in [0.717, 1.165) is 40.8 Å². The first-order valence-electron chi connectivity index (χ1n) is 9.22. The molecule has 0 radical (unpaired) electrons. The topological polar surface area (TPSA) is 84.5 Å². The van der Waals surface area contributed by atoms with Gasteiger partial charge in [0.1, 0.15) is 5.00 Å². The Balaban J connectivity index is 1.96. The van der Waals surface area contributed by atoms with E-state index in [1.54, 1.807) is 6.07 Å². The van der Waals surface area contributed by atoms with Crippen LogP contribution in [0.4, 0.5) is 9.80 Å². The first kappa shape index (κ1) is 20.1. The number of rotatable bonds is 3. The number of hydrogen-bond donors (Lipinski definition) is 2. The molecule has 1 aromatic carbocycles. The van der Waals surface area contributed by atoms with Gasteiger partial charge in [-0.1, -0.05) is 24.6 Å². The summed E-state index contributed by atoms with van der Waals surface area (Å²) < 4.78 is 4.54. The van der Waals surface area contributed by atoms with Crippen LogP contribution >= 0.6 is 11.3 Å². The number of fused-ring (bicyclic) bond motifs is 1. The number of benzene rings is 1. The zero-order valence-electron chi connectivity index (χ0n) is 16.5. The third kappa shape index (κ3) is 4.09. The summed E-state index contributed by atoms with van der Waals surface area (Å²) >= 11 is 1.42. The maximum absolute atomic E-state index is 12.8. The van der Waals surface area contributed by atoms with Crippen LogP contribution in [0.1, 0.15) is 55.6 Å². The van der Waals surface area contributed by atoms with Gasteiger partial charge in [0.05, 0.1) is 12.7 Å². The summed E-state index contributed by atoms with van der Waals surface area (Å²) in [6.07, 6.45) is 1.75. The van der Waals surface area contributed by atoms with Crippen molar-refractivity contribution in [3.63, 3.8) is 0 Å². The number of aryl methyl sites for hydroxylation is 2. The van der Waals surface area contributed by atoms with Crippen LogP contribution in [-0.2, 0) is 17.6 Å². The van der Waals surface area contributed by atoms with Gasteiger partial charge in [0, 0.05) is 10.4 Å². The van der Waals surface area contributed by atoms with Gasteiger partial charge in [-0.05, 0) is 56.2 Å². The summed E-state index contributed by atoms with van der Waals surface area (Å²) in [4.78, 5) is 38.2. The molecule has 0 saturated carbocycles. The molecule has 2 aromatic rings. The standard InChI is InChI=1S/C21H24N2O4S/c1-11-5-7-14(13(3)9-11)18(24)22-20-17(19(25)23-21(26)27-4)15-8-6-12(2)10-16(15)28-20/h5,7,9,12H,6,8,10H2,1-4H3,(H,22,24)(H,23,25,26)/t12-/m1/s1.